The molecule has 3 rings (SSSR count). The number of aromatic nitrogens is 3. The molecular formula is C19H25F2N5O2. The summed E-state index contributed by atoms with van der Waals surface area (Å²) in [5, 5.41) is 20.0. The zero-order valence-electron chi connectivity index (χ0n) is 16.1. The van der Waals surface area contributed by atoms with E-state index in [4.69, 9.17) is 0 Å². The summed E-state index contributed by atoms with van der Waals surface area (Å²) in [6.07, 6.45) is 1.08. The Balaban J connectivity index is 1.67. The van der Waals surface area contributed by atoms with Gasteiger partial charge in [-0.1, -0.05) is 0 Å². The SMILES string of the molecule is Cc1nc([C@H]2CC[C@@H](O)[C@H](NC(=O)Nc3ccc(F)c(F)c3)C2)n(C(C)C)n1. The molecule has 9 heteroatoms. The molecule has 1 aliphatic carbocycles. The zero-order valence-corrected chi connectivity index (χ0v) is 16.1. The fourth-order valence-corrected chi connectivity index (χ4v) is 3.56. The van der Waals surface area contributed by atoms with E-state index in [2.05, 4.69) is 20.7 Å². The van der Waals surface area contributed by atoms with Crippen molar-refractivity contribution in [3.8, 4) is 0 Å². The van der Waals surface area contributed by atoms with Gasteiger partial charge in [0.05, 0.1) is 12.1 Å². The van der Waals surface area contributed by atoms with E-state index in [9.17, 15) is 18.7 Å². The van der Waals surface area contributed by atoms with Crippen molar-refractivity contribution in [1.29, 1.82) is 0 Å². The van der Waals surface area contributed by atoms with Crippen LogP contribution in [-0.4, -0.2) is 38.0 Å². The van der Waals surface area contributed by atoms with Gasteiger partial charge in [0.15, 0.2) is 11.6 Å². The minimum Gasteiger partial charge on any atom is -0.391 e. The number of nitrogens with one attached hydrogen (secondary N) is 2. The second-order valence-corrected chi connectivity index (χ2v) is 7.47. The van der Waals surface area contributed by atoms with Crippen molar-refractivity contribution in [2.24, 2.45) is 0 Å². The summed E-state index contributed by atoms with van der Waals surface area (Å²) in [6, 6.07) is 2.21. The van der Waals surface area contributed by atoms with Crippen LogP contribution in [0.2, 0.25) is 0 Å². The predicted octanol–water partition coefficient (Wildman–Crippen LogP) is 3.26. The molecule has 1 saturated carbocycles. The lowest BCUT2D eigenvalue weighted by Crippen LogP contribution is -2.48. The number of urea groups is 1. The Morgan fingerprint density at radius 2 is 2.04 bits per heavy atom. The van der Waals surface area contributed by atoms with Crippen molar-refractivity contribution in [3.63, 3.8) is 0 Å². The van der Waals surface area contributed by atoms with Gasteiger partial charge in [-0.15, -0.1) is 0 Å². The number of hydrogen-bond acceptors (Lipinski definition) is 4. The van der Waals surface area contributed by atoms with Crippen LogP contribution in [0.15, 0.2) is 18.2 Å². The third-order valence-corrected chi connectivity index (χ3v) is 4.93. The number of aliphatic hydroxyl groups excluding tert-OH is 1. The molecule has 0 saturated heterocycles. The summed E-state index contributed by atoms with van der Waals surface area (Å²) in [5.41, 5.74) is 0.133. The highest BCUT2D eigenvalue weighted by atomic mass is 19.2. The Morgan fingerprint density at radius 3 is 2.71 bits per heavy atom. The standard InChI is InChI=1S/C19H25F2N5O2/c1-10(2)26-18(22-11(3)25-26)12-4-7-17(27)16(8-12)24-19(28)23-13-5-6-14(20)15(21)9-13/h5-6,9-10,12,16-17,27H,4,7-8H2,1-3H3,(H2,23,24,28)/t12-,16+,17+/m0/s1. The Labute approximate surface area is 162 Å². The second kappa shape index (κ2) is 8.22. The molecule has 0 spiro atoms. The van der Waals surface area contributed by atoms with Gasteiger partial charge in [-0.3, -0.25) is 0 Å². The Hall–Kier alpha value is -2.55. The van der Waals surface area contributed by atoms with E-state index in [1.165, 1.54) is 6.07 Å². The highest BCUT2D eigenvalue weighted by molar-refractivity contribution is 5.89. The van der Waals surface area contributed by atoms with Crippen LogP contribution in [0.1, 0.15) is 56.7 Å². The van der Waals surface area contributed by atoms with Crippen LogP contribution in [-0.2, 0) is 0 Å². The van der Waals surface area contributed by atoms with E-state index in [-0.39, 0.29) is 17.6 Å². The number of carbonyl (C=O) groups excluding carboxylic acids is 1. The molecule has 2 amide bonds. The number of benzene rings is 1. The number of hydrogen-bond donors (Lipinski definition) is 3. The van der Waals surface area contributed by atoms with Gasteiger partial charge in [0.2, 0.25) is 0 Å². The van der Waals surface area contributed by atoms with Crippen LogP contribution in [0.5, 0.6) is 0 Å². The normalized spacial score (nSPS) is 22.3. The molecule has 152 valence electrons. The van der Waals surface area contributed by atoms with Crippen molar-refractivity contribution >= 4 is 11.7 Å². The largest absolute Gasteiger partial charge is 0.391 e. The highest BCUT2D eigenvalue weighted by Gasteiger charge is 2.34. The third kappa shape index (κ3) is 4.46. The van der Waals surface area contributed by atoms with Gasteiger partial charge in [0, 0.05) is 23.7 Å². The summed E-state index contributed by atoms with van der Waals surface area (Å²) in [7, 11) is 0. The Bertz CT molecular complexity index is 855. The van der Waals surface area contributed by atoms with E-state index >= 15 is 0 Å². The second-order valence-electron chi connectivity index (χ2n) is 7.47. The van der Waals surface area contributed by atoms with E-state index in [1.807, 2.05) is 25.5 Å². The zero-order chi connectivity index (χ0) is 20.4. The molecule has 1 aromatic carbocycles. The molecule has 1 aliphatic rings. The summed E-state index contributed by atoms with van der Waals surface area (Å²) < 4.78 is 28.2. The molecule has 0 unspecified atom stereocenters. The number of aryl methyl sites for hydroxylation is 1. The van der Waals surface area contributed by atoms with Crippen LogP contribution < -0.4 is 10.6 Å². The molecule has 28 heavy (non-hydrogen) atoms. The number of carbonyl (C=O) groups is 1. The topological polar surface area (TPSA) is 92.1 Å². The quantitative estimate of drug-likeness (QED) is 0.743. The Morgan fingerprint density at radius 1 is 1.29 bits per heavy atom. The lowest BCUT2D eigenvalue weighted by atomic mass is 9.83. The number of aliphatic hydroxyl groups is 1. The van der Waals surface area contributed by atoms with Gasteiger partial charge in [-0.25, -0.2) is 23.2 Å². The van der Waals surface area contributed by atoms with E-state index < -0.39 is 29.8 Å². The molecule has 2 aromatic rings. The fraction of sp³-hybridized carbons (Fsp3) is 0.526. The van der Waals surface area contributed by atoms with Crippen LogP contribution in [0, 0.1) is 18.6 Å². The Kier molecular flexibility index (Phi) is 5.93. The van der Waals surface area contributed by atoms with Crippen LogP contribution in [0.4, 0.5) is 19.3 Å². The van der Waals surface area contributed by atoms with E-state index in [1.54, 1.807) is 0 Å². The summed E-state index contributed by atoms with van der Waals surface area (Å²) in [5.74, 6) is -0.428. The average Bonchev–Trinajstić information content (AvgIpc) is 3.02. The molecule has 1 heterocycles. The first-order chi connectivity index (χ1) is 13.2. The monoisotopic (exact) mass is 393 g/mol. The first kappa shape index (κ1) is 20.2. The molecule has 0 radical (unpaired) electrons. The minimum absolute atomic E-state index is 0.0561. The molecule has 1 fully saturated rings. The summed E-state index contributed by atoms with van der Waals surface area (Å²) in [6.45, 7) is 5.89. The van der Waals surface area contributed by atoms with Gasteiger partial charge < -0.3 is 15.7 Å². The highest BCUT2D eigenvalue weighted by Crippen LogP contribution is 2.33. The first-order valence-electron chi connectivity index (χ1n) is 9.38. The lowest BCUT2D eigenvalue weighted by Gasteiger charge is -2.33. The number of nitrogens with zero attached hydrogens (tertiary/aromatic N) is 3. The third-order valence-electron chi connectivity index (χ3n) is 4.93. The van der Waals surface area contributed by atoms with Crippen molar-refractivity contribution < 1.29 is 18.7 Å². The maximum absolute atomic E-state index is 13.3. The van der Waals surface area contributed by atoms with Crippen molar-refractivity contribution in [2.45, 2.75) is 64.1 Å². The van der Waals surface area contributed by atoms with Crippen molar-refractivity contribution in [2.75, 3.05) is 5.32 Å². The molecule has 1 aromatic heterocycles. The van der Waals surface area contributed by atoms with E-state index in [0.29, 0.717) is 18.7 Å². The maximum Gasteiger partial charge on any atom is 0.319 e. The molecule has 0 aliphatic heterocycles. The van der Waals surface area contributed by atoms with Gasteiger partial charge in [0.1, 0.15) is 11.6 Å². The van der Waals surface area contributed by atoms with Gasteiger partial charge in [-0.2, -0.15) is 5.10 Å². The maximum atomic E-state index is 13.3. The molecule has 7 nitrogen and oxygen atoms in total. The molecule has 0 bridgehead atoms. The van der Waals surface area contributed by atoms with Crippen LogP contribution in [0.3, 0.4) is 0 Å². The number of anilines is 1. The van der Waals surface area contributed by atoms with Gasteiger partial charge >= 0.3 is 6.03 Å². The first-order valence-corrected chi connectivity index (χ1v) is 9.38. The summed E-state index contributed by atoms with van der Waals surface area (Å²) in [4.78, 5) is 16.8. The number of halogens is 2. The fourth-order valence-electron chi connectivity index (χ4n) is 3.56. The molecule has 3 N–H and O–H groups in total. The lowest BCUT2D eigenvalue weighted by molar-refractivity contribution is 0.0859. The molecular weight excluding hydrogens is 368 g/mol. The van der Waals surface area contributed by atoms with E-state index in [0.717, 1.165) is 24.4 Å². The predicted molar refractivity (Wildman–Crippen MR) is 100 cm³/mol. The smallest absolute Gasteiger partial charge is 0.319 e. The van der Waals surface area contributed by atoms with Crippen molar-refractivity contribution in [3.05, 3.63) is 41.5 Å². The summed E-state index contributed by atoms with van der Waals surface area (Å²) >= 11 is 0. The van der Waals surface area contributed by atoms with Crippen molar-refractivity contribution in [1.82, 2.24) is 20.1 Å². The van der Waals surface area contributed by atoms with Gasteiger partial charge in [-0.05, 0) is 52.2 Å². The van der Waals surface area contributed by atoms with Gasteiger partial charge in [0.25, 0.3) is 0 Å². The minimum atomic E-state index is -1.04. The molecule has 3 atom stereocenters. The number of rotatable bonds is 4. The van der Waals surface area contributed by atoms with Crippen LogP contribution >= 0.6 is 0 Å². The number of amides is 2. The average molecular weight is 393 g/mol. The van der Waals surface area contributed by atoms with Crippen LogP contribution in [0.25, 0.3) is 0 Å².